The highest BCUT2D eigenvalue weighted by molar-refractivity contribution is 14.0. The third-order valence-electron chi connectivity index (χ3n) is 6.64. The second-order valence-electron chi connectivity index (χ2n) is 8.03. The van der Waals surface area contributed by atoms with E-state index in [9.17, 15) is 0 Å². The molecular weight excluding hydrogens is 415 g/mol. The first-order chi connectivity index (χ1) is 11.2. The number of likely N-dealkylation sites (tertiary alicyclic amines) is 2. The Morgan fingerprint density at radius 3 is 2.29 bits per heavy atom. The van der Waals surface area contributed by atoms with Gasteiger partial charge in [-0.25, -0.2) is 0 Å². The van der Waals surface area contributed by atoms with Crippen molar-refractivity contribution in [3.05, 3.63) is 0 Å². The minimum Gasteiger partial charge on any atom is -0.374 e. The Hall–Kier alpha value is -0.0800. The highest BCUT2D eigenvalue weighted by atomic mass is 127. The normalized spacial score (nSPS) is 36.8. The van der Waals surface area contributed by atoms with Crippen LogP contribution in [0.25, 0.3) is 0 Å². The zero-order chi connectivity index (χ0) is 15.8. The number of hydrogen-bond donors (Lipinski definition) is 1. The van der Waals surface area contributed by atoms with E-state index in [-0.39, 0.29) is 24.0 Å². The van der Waals surface area contributed by atoms with Crippen molar-refractivity contribution < 1.29 is 4.74 Å². The van der Waals surface area contributed by atoms with E-state index in [0.717, 1.165) is 43.3 Å². The molecule has 0 amide bonds. The van der Waals surface area contributed by atoms with Crippen molar-refractivity contribution in [2.75, 3.05) is 46.8 Å². The zero-order valence-corrected chi connectivity index (χ0v) is 17.4. The minimum atomic E-state index is 0. The molecule has 0 aromatic carbocycles. The monoisotopic (exact) mass is 448 g/mol. The van der Waals surface area contributed by atoms with Crippen LogP contribution in [0.1, 0.15) is 32.1 Å². The van der Waals surface area contributed by atoms with Gasteiger partial charge in [-0.2, -0.15) is 0 Å². The van der Waals surface area contributed by atoms with Crippen molar-refractivity contribution in [1.82, 2.24) is 15.1 Å². The zero-order valence-electron chi connectivity index (χ0n) is 15.1. The van der Waals surface area contributed by atoms with Crippen molar-refractivity contribution in [2.24, 2.45) is 22.7 Å². The van der Waals surface area contributed by atoms with Crippen LogP contribution in [-0.4, -0.2) is 74.8 Å². The largest absolute Gasteiger partial charge is 0.374 e. The van der Waals surface area contributed by atoms with Gasteiger partial charge in [0.15, 0.2) is 5.96 Å². The van der Waals surface area contributed by atoms with Gasteiger partial charge in [-0.1, -0.05) is 0 Å². The number of ether oxygens (including phenoxy) is 1. The summed E-state index contributed by atoms with van der Waals surface area (Å²) in [5.74, 6) is 3.51. The van der Waals surface area contributed by atoms with E-state index in [4.69, 9.17) is 4.74 Å². The Kier molecular flexibility index (Phi) is 6.30. The van der Waals surface area contributed by atoms with Crippen molar-refractivity contribution in [3.8, 4) is 0 Å². The molecule has 138 valence electrons. The lowest BCUT2D eigenvalue weighted by Crippen LogP contribution is -2.42. The topological polar surface area (TPSA) is 40.1 Å². The quantitative estimate of drug-likeness (QED) is 0.408. The van der Waals surface area contributed by atoms with Crippen LogP contribution in [0.4, 0.5) is 0 Å². The van der Waals surface area contributed by atoms with Crippen LogP contribution >= 0.6 is 24.0 Å². The second kappa shape index (κ2) is 8.08. The number of halogens is 1. The molecule has 4 aliphatic heterocycles. The maximum Gasteiger partial charge on any atom is 0.193 e. The number of nitrogens with zero attached hydrogens (tertiary/aromatic N) is 3. The van der Waals surface area contributed by atoms with Crippen molar-refractivity contribution in [3.63, 3.8) is 0 Å². The number of nitrogens with one attached hydrogen (secondary N) is 1. The summed E-state index contributed by atoms with van der Waals surface area (Å²) < 4.78 is 6.08. The fraction of sp³-hybridized carbons (Fsp3) is 0.944. The van der Waals surface area contributed by atoms with Gasteiger partial charge < -0.3 is 19.9 Å². The van der Waals surface area contributed by atoms with Crippen molar-refractivity contribution in [2.45, 2.75) is 44.3 Å². The predicted octanol–water partition coefficient (Wildman–Crippen LogP) is 2.02. The predicted molar refractivity (Wildman–Crippen MR) is 108 cm³/mol. The van der Waals surface area contributed by atoms with E-state index in [0.29, 0.717) is 12.2 Å². The van der Waals surface area contributed by atoms with Crippen molar-refractivity contribution in [1.29, 1.82) is 0 Å². The van der Waals surface area contributed by atoms with E-state index in [1.165, 1.54) is 45.2 Å². The lowest BCUT2D eigenvalue weighted by molar-refractivity contribution is 0.0767. The molecule has 0 spiro atoms. The molecule has 0 aliphatic carbocycles. The molecule has 2 bridgehead atoms. The Morgan fingerprint density at radius 1 is 1.08 bits per heavy atom. The fourth-order valence-electron chi connectivity index (χ4n) is 5.20. The summed E-state index contributed by atoms with van der Waals surface area (Å²) in [5.41, 5.74) is 0. The first-order valence-electron chi connectivity index (χ1n) is 9.54. The van der Waals surface area contributed by atoms with Crippen LogP contribution in [0.5, 0.6) is 0 Å². The third kappa shape index (κ3) is 3.70. The second-order valence-corrected chi connectivity index (χ2v) is 8.03. The molecule has 4 saturated heterocycles. The first kappa shape index (κ1) is 18.7. The molecule has 4 aliphatic rings. The van der Waals surface area contributed by atoms with Crippen LogP contribution in [-0.2, 0) is 4.74 Å². The van der Waals surface area contributed by atoms with Crippen LogP contribution in [0, 0.1) is 17.8 Å². The van der Waals surface area contributed by atoms with E-state index in [2.05, 4.69) is 27.2 Å². The molecule has 4 heterocycles. The van der Waals surface area contributed by atoms with Gasteiger partial charge in [0.05, 0.1) is 12.2 Å². The number of aliphatic imine (C=N–C) groups is 1. The summed E-state index contributed by atoms with van der Waals surface area (Å²) in [5, 5.41) is 3.63. The Labute approximate surface area is 163 Å². The Bertz CT molecular complexity index is 434. The molecule has 5 nitrogen and oxygen atoms in total. The fourth-order valence-corrected chi connectivity index (χ4v) is 5.20. The van der Waals surface area contributed by atoms with Crippen LogP contribution in [0.2, 0.25) is 0 Å². The molecular formula is C18H33IN4O. The van der Waals surface area contributed by atoms with E-state index >= 15 is 0 Å². The van der Waals surface area contributed by atoms with Gasteiger partial charge in [-0.15, -0.1) is 24.0 Å². The summed E-state index contributed by atoms with van der Waals surface area (Å²) in [4.78, 5) is 9.48. The highest BCUT2D eigenvalue weighted by Gasteiger charge is 2.53. The van der Waals surface area contributed by atoms with Gasteiger partial charge >= 0.3 is 0 Å². The molecule has 4 fully saturated rings. The summed E-state index contributed by atoms with van der Waals surface area (Å²) in [7, 11) is 4.16. The maximum atomic E-state index is 6.08. The molecule has 1 N–H and O–H groups in total. The minimum absolute atomic E-state index is 0. The van der Waals surface area contributed by atoms with Crippen molar-refractivity contribution >= 4 is 29.9 Å². The maximum absolute atomic E-state index is 6.08. The number of guanidine groups is 1. The molecule has 0 aromatic rings. The SMILES string of the molecule is CN=C(NCCC1CCN(C)CC1)N1CC2C3CCC(O3)C2C1.I. The molecule has 0 radical (unpaired) electrons. The van der Waals surface area contributed by atoms with E-state index < -0.39 is 0 Å². The Balaban J connectivity index is 0.00000169. The number of rotatable bonds is 3. The number of hydrogen-bond acceptors (Lipinski definition) is 3. The van der Waals surface area contributed by atoms with E-state index in [1.807, 2.05) is 7.05 Å². The molecule has 6 heteroatoms. The molecule has 24 heavy (non-hydrogen) atoms. The molecule has 0 aromatic heterocycles. The van der Waals surface area contributed by atoms with Gasteiger partial charge in [0, 0.05) is 38.5 Å². The molecule has 4 atom stereocenters. The van der Waals surface area contributed by atoms with Gasteiger partial charge in [-0.3, -0.25) is 4.99 Å². The summed E-state index contributed by atoms with van der Waals surface area (Å²) in [6.07, 6.45) is 7.61. The summed E-state index contributed by atoms with van der Waals surface area (Å²) in [6, 6.07) is 0. The average Bonchev–Trinajstić information content (AvgIpc) is 3.26. The van der Waals surface area contributed by atoms with Gasteiger partial charge in [0.25, 0.3) is 0 Å². The van der Waals surface area contributed by atoms with E-state index in [1.54, 1.807) is 0 Å². The van der Waals surface area contributed by atoms with Crippen LogP contribution in [0.3, 0.4) is 0 Å². The lowest BCUT2D eigenvalue weighted by Gasteiger charge is -2.29. The summed E-state index contributed by atoms with van der Waals surface area (Å²) in [6.45, 7) is 5.87. The van der Waals surface area contributed by atoms with Gasteiger partial charge in [0.1, 0.15) is 0 Å². The number of piperidine rings is 1. The molecule has 4 rings (SSSR count). The Morgan fingerprint density at radius 2 is 1.71 bits per heavy atom. The first-order valence-corrected chi connectivity index (χ1v) is 9.54. The van der Waals surface area contributed by atoms with Crippen LogP contribution in [0.15, 0.2) is 4.99 Å². The van der Waals surface area contributed by atoms with Gasteiger partial charge in [-0.05, 0) is 58.2 Å². The van der Waals surface area contributed by atoms with Gasteiger partial charge in [0.2, 0.25) is 0 Å². The van der Waals surface area contributed by atoms with Crippen LogP contribution < -0.4 is 5.32 Å². The molecule has 0 saturated carbocycles. The lowest BCUT2D eigenvalue weighted by atomic mass is 9.82. The average molecular weight is 448 g/mol. The smallest absolute Gasteiger partial charge is 0.193 e. The number of fused-ring (bicyclic) bond motifs is 5. The third-order valence-corrected chi connectivity index (χ3v) is 6.64. The highest BCUT2D eigenvalue weighted by Crippen LogP contribution is 2.47. The molecule has 4 unspecified atom stereocenters. The standard InChI is InChI=1S/C18H32N4O.HI/c1-19-18(20-8-5-13-6-9-21(2)10-7-13)22-11-14-15(12-22)17-4-3-16(14)23-17;/h13-17H,3-12H2,1-2H3,(H,19,20);1H. The summed E-state index contributed by atoms with van der Waals surface area (Å²) >= 11 is 0.